The van der Waals surface area contributed by atoms with E-state index in [4.69, 9.17) is 21.3 Å². The molecule has 6 rings (SSSR count). The predicted molar refractivity (Wildman–Crippen MR) is 170 cm³/mol. The summed E-state index contributed by atoms with van der Waals surface area (Å²) in [6.07, 6.45) is 7.34. The third-order valence-corrected chi connectivity index (χ3v) is 9.42. The molecule has 230 valence electrons. The minimum atomic E-state index is -3.68. The van der Waals surface area contributed by atoms with Crippen LogP contribution in [-0.4, -0.2) is 81.0 Å². The van der Waals surface area contributed by atoms with Crippen LogP contribution in [0.25, 0.3) is 33.3 Å². The fourth-order valence-corrected chi connectivity index (χ4v) is 6.46. The van der Waals surface area contributed by atoms with E-state index in [2.05, 4.69) is 20.3 Å². The molecule has 1 saturated heterocycles. The molecule has 1 aliphatic heterocycles. The van der Waals surface area contributed by atoms with Crippen molar-refractivity contribution in [2.45, 2.75) is 19.9 Å². The molecule has 4 heterocycles. The molecule has 0 saturated carbocycles. The number of aliphatic hydroxyl groups excluding tert-OH is 1. The van der Waals surface area contributed by atoms with Gasteiger partial charge in [0.15, 0.2) is 0 Å². The van der Waals surface area contributed by atoms with Gasteiger partial charge in [-0.15, -0.1) is 0 Å². The predicted octanol–water partition coefficient (Wildman–Crippen LogP) is 4.48. The average Bonchev–Trinajstić information content (AvgIpc) is 3.66. The van der Waals surface area contributed by atoms with Crippen molar-refractivity contribution in [3.8, 4) is 28.1 Å². The Hall–Kier alpha value is -4.17. The number of fused-ring (bicyclic) bond motifs is 1. The van der Waals surface area contributed by atoms with E-state index in [0.29, 0.717) is 48.3 Å². The van der Waals surface area contributed by atoms with Crippen LogP contribution in [-0.2, 0) is 21.3 Å². The first kappa shape index (κ1) is 29.9. The molecular formula is C30H32ClN7O5S. The van der Waals surface area contributed by atoms with Crippen LogP contribution in [0.3, 0.4) is 0 Å². The molecular weight excluding hydrogens is 606 g/mol. The number of anilines is 3. The molecule has 5 aromatic rings. The van der Waals surface area contributed by atoms with Crippen molar-refractivity contribution in [1.29, 1.82) is 0 Å². The first-order valence-electron chi connectivity index (χ1n) is 14.2. The summed E-state index contributed by atoms with van der Waals surface area (Å²) in [5.74, 6) is 0.0894. The molecule has 44 heavy (non-hydrogen) atoms. The summed E-state index contributed by atoms with van der Waals surface area (Å²) in [5.41, 5.74) is 4.84. The molecule has 3 N–H and O–H groups in total. The lowest BCUT2D eigenvalue weighted by atomic mass is 10.0. The Morgan fingerprint density at radius 2 is 1.89 bits per heavy atom. The van der Waals surface area contributed by atoms with Gasteiger partial charge in [0.25, 0.3) is 0 Å². The highest BCUT2D eigenvalue weighted by molar-refractivity contribution is 7.90. The van der Waals surface area contributed by atoms with E-state index in [1.165, 1.54) is 24.5 Å². The Morgan fingerprint density at radius 3 is 2.66 bits per heavy atom. The maximum absolute atomic E-state index is 12.9. The van der Waals surface area contributed by atoms with Crippen molar-refractivity contribution in [3.05, 3.63) is 66.2 Å². The molecule has 1 aliphatic rings. The second-order valence-electron chi connectivity index (χ2n) is 10.4. The van der Waals surface area contributed by atoms with Gasteiger partial charge in [-0.1, -0.05) is 11.6 Å². The number of aromatic hydroxyl groups is 1. The molecule has 14 heteroatoms. The van der Waals surface area contributed by atoms with Gasteiger partial charge in [-0.05, 0) is 43.7 Å². The summed E-state index contributed by atoms with van der Waals surface area (Å²) in [7, 11) is -3.68. The van der Waals surface area contributed by atoms with Gasteiger partial charge in [-0.3, -0.25) is 4.68 Å². The summed E-state index contributed by atoms with van der Waals surface area (Å²) in [6.45, 7) is 5.08. The Kier molecular flexibility index (Phi) is 8.45. The van der Waals surface area contributed by atoms with Crippen LogP contribution in [0.4, 0.5) is 17.3 Å². The largest absolute Gasteiger partial charge is 0.508 e. The summed E-state index contributed by atoms with van der Waals surface area (Å²) in [4.78, 5) is 11.4. The monoisotopic (exact) mass is 637 g/mol. The molecule has 12 nitrogen and oxygen atoms in total. The SMILES string of the molecule is CCS(=O)(=O)n1cc(-c2nc(Nc3ccc(N4CCOCC4)c(-c4cnn(CCCO)c4)c3)ncc2Cl)c2ccc(O)cc21. The maximum atomic E-state index is 12.9. The van der Waals surface area contributed by atoms with Gasteiger partial charge in [0.2, 0.25) is 16.0 Å². The zero-order valence-corrected chi connectivity index (χ0v) is 25.6. The summed E-state index contributed by atoms with van der Waals surface area (Å²) < 4.78 is 34.3. The number of aromatic nitrogens is 5. The van der Waals surface area contributed by atoms with E-state index in [9.17, 15) is 18.6 Å². The number of aryl methyl sites for hydroxylation is 1. The molecule has 0 spiro atoms. The number of hydrogen-bond acceptors (Lipinski definition) is 10. The molecule has 0 aliphatic carbocycles. The zero-order valence-electron chi connectivity index (χ0n) is 24.0. The van der Waals surface area contributed by atoms with Crippen molar-refractivity contribution in [1.82, 2.24) is 23.7 Å². The third-order valence-electron chi connectivity index (χ3n) is 7.51. The molecule has 1 fully saturated rings. The van der Waals surface area contributed by atoms with E-state index in [1.807, 2.05) is 35.3 Å². The Bertz CT molecular complexity index is 1920. The van der Waals surface area contributed by atoms with Crippen molar-refractivity contribution >= 4 is 49.9 Å². The first-order chi connectivity index (χ1) is 21.3. The van der Waals surface area contributed by atoms with Gasteiger partial charge in [0, 0.05) is 78.2 Å². The lowest BCUT2D eigenvalue weighted by molar-refractivity contribution is 0.123. The molecule has 2 aromatic carbocycles. The number of aliphatic hydroxyl groups is 1. The smallest absolute Gasteiger partial charge is 0.238 e. The highest BCUT2D eigenvalue weighted by Crippen LogP contribution is 2.38. The van der Waals surface area contributed by atoms with E-state index < -0.39 is 10.0 Å². The first-order valence-corrected chi connectivity index (χ1v) is 16.2. The van der Waals surface area contributed by atoms with Crippen LogP contribution < -0.4 is 10.2 Å². The minimum Gasteiger partial charge on any atom is -0.508 e. The highest BCUT2D eigenvalue weighted by atomic mass is 35.5. The number of hydrogen-bond donors (Lipinski definition) is 3. The molecule has 3 aromatic heterocycles. The van der Waals surface area contributed by atoms with Crippen LogP contribution in [0.2, 0.25) is 5.02 Å². The van der Waals surface area contributed by atoms with E-state index in [-0.39, 0.29) is 29.1 Å². The van der Waals surface area contributed by atoms with Crippen molar-refractivity contribution < 1.29 is 23.4 Å². The number of rotatable bonds is 10. The number of benzene rings is 2. The number of phenols is 1. The van der Waals surface area contributed by atoms with Gasteiger partial charge in [-0.2, -0.15) is 5.10 Å². The summed E-state index contributed by atoms with van der Waals surface area (Å²) in [6, 6.07) is 10.5. The molecule has 0 amide bonds. The molecule has 0 unspecified atom stereocenters. The van der Waals surface area contributed by atoms with E-state index >= 15 is 0 Å². The number of nitrogens with one attached hydrogen (secondary N) is 1. The van der Waals surface area contributed by atoms with Gasteiger partial charge >= 0.3 is 0 Å². The normalized spacial score (nSPS) is 13.9. The van der Waals surface area contributed by atoms with Gasteiger partial charge in [0.1, 0.15) is 5.75 Å². The third kappa shape index (κ3) is 5.95. The van der Waals surface area contributed by atoms with Crippen molar-refractivity contribution in [3.63, 3.8) is 0 Å². The van der Waals surface area contributed by atoms with Crippen LogP contribution in [0.1, 0.15) is 13.3 Å². The fraction of sp³-hybridized carbons (Fsp3) is 0.300. The Balaban J connectivity index is 1.38. The average molecular weight is 638 g/mol. The van der Waals surface area contributed by atoms with E-state index in [1.54, 1.807) is 13.0 Å². The quantitative estimate of drug-likeness (QED) is 0.200. The lowest BCUT2D eigenvalue weighted by Gasteiger charge is -2.30. The fourth-order valence-electron chi connectivity index (χ4n) is 5.27. The maximum Gasteiger partial charge on any atom is 0.238 e. The minimum absolute atomic E-state index is 0.0545. The van der Waals surface area contributed by atoms with Crippen LogP contribution in [0.15, 0.2) is 61.2 Å². The molecule has 0 radical (unpaired) electrons. The number of ether oxygens (including phenoxy) is 1. The molecule has 0 atom stereocenters. The number of morpholine rings is 1. The number of phenolic OH excluding ortho intramolecular Hbond substituents is 1. The van der Waals surface area contributed by atoms with Crippen molar-refractivity contribution in [2.75, 3.05) is 48.9 Å². The summed E-state index contributed by atoms with van der Waals surface area (Å²) >= 11 is 6.57. The van der Waals surface area contributed by atoms with Gasteiger partial charge < -0.3 is 25.2 Å². The van der Waals surface area contributed by atoms with Crippen LogP contribution >= 0.6 is 11.6 Å². The van der Waals surface area contributed by atoms with Gasteiger partial charge in [0.05, 0.1) is 47.6 Å². The summed E-state index contributed by atoms with van der Waals surface area (Å²) in [5, 5.41) is 27.9. The Morgan fingerprint density at radius 1 is 1.07 bits per heavy atom. The van der Waals surface area contributed by atoms with Crippen LogP contribution in [0.5, 0.6) is 5.75 Å². The van der Waals surface area contributed by atoms with Crippen LogP contribution in [0, 0.1) is 0 Å². The number of nitrogens with zero attached hydrogens (tertiary/aromatic N) is 6. The lowest BCUT2D eigenvalue weighted by Crippen LogP contribution is -2.36. The van der Waals surface area contributed by atoms with Crippen molar-refractivity contribution in [2.24, 2.45) is 0 Å². The Labute approximate surface area is 259 Å². The van der Waals surface area contributed by atoms with Gasteiger partial charge in [-0.25, -0.2) is 22.4 Å². The molecule has 0 bridgehead atoms. The van der Waals surface area contributed by atoms with E-state index in [0.717, 1.165) is 39.6 Å². The zero-order chi connectivity index (χ0) is 30.8. The second-order valence-corrected chi connectivity index (χ2v) is 12.9. The second kappa shape index (κ2) is 12.4. The number of halogens is 1. The standard InChI is InChI=1S/C30H32ClN7O5S/c1-2-44(41,42)38-19-25(23-6-5-22(40)15-28(23)38)29-26(31)17-32-30(35-29)34-21-4-7-27(36-9-12-43-13-10-36)24(14-21)20-16-33-37(18-20)8-3-11-39/h4-7,14-19,39-40H,2-3,8-13H2,1H3,(H,32,34,35). The topological polar surface area (TPSA) is 148 Å². The highest BCUT2D eigenvalue weighted by Gasteiger charge is 2.22.